The van der Waals surface area contributed by atoms with Crippen LogP contribution >= 0.6 is 0 Å². The maximum absolute atomic E-state index is 13.3. The Hall–Kier alpha value is -0.890. The molecule has 0 aliphatic heterocycles. The highest BCUT2D eigenvalue weighted by Gasteiger charge is 2.07. The smallest absolute Gasteiger partial charge is 0.126 e. The average molecular weight is 223 g/mol. The summed E-state index contributed by atoms with van der Waals surface area (Å²) in [5.41, 5.74) is 1.97. The van der Waals surface area contributed by atoms with Crippen molar-refractivity contribution in [1.29, 1.82) is 0 Å². The molecule has 0 heterocycles. The van der Waals surface area contributed by atoms with Gasteiger partial charge in [-0.1, -0.05) is 12.1 Å². The van der Waals surface area contributed by atoms with Crippen molar-refractivity contribution in [3.05, 3.63) is 35.1 Å². The van der Waals surface area contributed by atoms with E-state index in [1.807, 2.05) is 12.1 Å². The number of rotatable bonds is 4. The summed E-state index contributed by atoms with van der Waals surface area (Å²) in [6.07, 6.45) is 1.97. The first kappa shape index (κ1) is 13.2. The van der Waals surface area contributed by atoms with E-state index in [0.29, 0.717) is 0 Å². The van der Waals surface area contributed by atoms with Crippen molar-refractivity contribution < 1.29 is 4.39 Å². The molecule has 0 saturated heterocycles. The van der Waals surface area contributed by atoms with Gasteiger partial charge in [0.1, 0.15) is 5.82 Å². The van der Waals surface area contributed by atoms with Crippen LogP contribution in [-0.2, 0) is 6.42 Å². The summed E-state index contributed by atoms with van der Waals surface area (Å²) < 4.78 is 13.3. The Morgan fingerprint density at radius 3 is 2.50 bits per heavy atom. The van der Waals surface area contributed by atoms with Gasteiger partial charge in [0.15, 0.2) is 0 Å². The van der Waals surface area contributed by atoms with Crippen molar-refractivity contribution in [2.24, 2.45) is 0 Å². The number of nitrogens with one attached hydrogen (secondary N) is 1. The minimum Gasteiger partial charge on any atom is -0.312 e. The van der Waals surface area contributed by atoms with Crippen molar-refractivity contribution in [3.63, 3.8) is 0 Å². The number of halogens is 1. The van der Waals surface area contributed by atoms with Gasteiger partial charge in [0.05, 0.1) is 0 Å². The quantitative estimate of drug-likeness (QED) is 0.771. The minimum absolute atomic E-state index is 0.0960. The molecule has 0 saturated carbocycles. The van der Waals surface area contributed by atoms with Gasteiger partial charge in [0.2, 0.25) is 0 Å². The highest BCUT2D eigenvalue weighted by atomic mass is 19.1. The third kappa shape index (κ3) is 4.75. The van der Waals surface area contributed by atoms with Gasteiger partial charge in [-0.3, -0.25) is 0 Å². The molecule has 0 radical (unpaired) electrons. The van der Waals surface area contributed by atoms with Crippen LogP contribution in [0.1, 0.15) is 38.3 Å². The largest absolute Gasteiger partial charge is 0.312 e. The first-order chi connectivity index (χ1) is 7.38. The maximum Gasteiger partial charge on any atom is 0.126 e. The van der Waals surface area contributed by atoms with Crippen molar-refractivity contribution in [1.82, 2.24) is 5.32 Å². The van der Waals surface area contributed by atoms with E-state index in [2.05, 4.69) is 26.1 Å². The Morgan fingerprint density at radius 2 is 1.94 bits per heavy atom. The first-order valence-electron chi connectivity index (χ1n) is 5.88. The fourth-order valence-corrected chi connectivity index (χ4v) is 1.55. The zero-order valence-corrected chi connectivity index (χ0v) is 10.7. The fraction of sp³-hybridized carbons (Fsp3) is 0.571. The highest BCUT2D eigenvalue weighted by Crippen LogP contribution is 2.10. The van der Waals surface area contributed by atoms with Gasteiger partial charge in [0, 0.05) is 5.54 Å². The number of benzene rings is 1. The molecular weight excluding hydrogens is 201 g/mol. The van der Waals surface area contributed by atoms with Crippen LogP contribution in [0.3, 0.4) is 0 Å². The van der Waals surface area contributed by atoms with Crippen LogP contribution in [0.5, 0.6) is 0 Å². The zero-order chi connectivity index (χ0) is 12.2. The molecule has 0 spiro atoms. The zero-order valence-electron chi connectivity index (χ0n) is 10.7. The van der Waals surface area contributed by atoms with Gasteiger partial charge in [-0.05, 0) is 64.3 Å². The number of hydrogen-bond donors (Lipinski definition) is 1. The Bertz CT molecular complexity index is 339. The minimum atomic E-state index is -0.0960. The van der Waals surface area contributed by atoms with Crippen molar-refractivity contribution in [2.45, 2.75) is 46.1 Å². The number of hydrogen-bond acceptors (Lipinski definition) is 1. The molecule has 0 aliphatic rings. The van der Waals surface area contributed by atoms with E-state index in [1.54, 1.807) is 13.0 Å². The van der Waals surface area contributed by atoms with Gasteiger partial charge >= 0.3 is 0 Å². The molecule has 0 aromatic heterocycles. The molecule has 0 amide bonds. The van der Waals surface area contributed by atoms with Crippen molar-refractivity contribution >= 4 is 0 Å². The number of aryl methyl sites for hydroxylation is 2. The Morgan fingerprint density at radius 1 is 1.25 bits per heavy atom. The molecule has 0 unspecified atom stereocenters. The van der Waals surface area contributed by atoms with Crippen LogP contribution in [0, 0.1) is 12.7 Å². The van der Waals surface area contributed by atoms with Gasteiger partial charge in [0.25, 0.3) is 0 Å². The van der Waals surface area contributed by atoms with E-state index >= 15 is 0 Å². The van der Waals surface area contributed by atoms with Gasteiger partial charge in [-0.15, -0.1) is 0 Å². The lowest BCUT2D eigenvalue weighted by molar-refractivity contribution is 0.422. The van der Waals surface area contributed by atoms with Crippen LogP contribution in [0.15, 0.2) is 18.2 Å². The third-order valence-electron chi connectivity index (χ3n) is 2.53. The van der Waals surface area contributed by atoms with E-state index in [9.17, 15) is 4.39 Å². The lowest BCUT2D eigenvalue weighted by Crippen LogP contribution is -2.36. The normalized spacial score (nSPS) is 11.8. The lowest BCUT2D eigenvalue weighted by Gasteiger charge is -2.20. The second kappa shape index (κ2) is 5.44. The molecular formula is C14H22FN. The molecule has 1 nitrogen and oxygen atoms in total. The fourth-order valence-electron chi connectivity index (χ4n) is 1.55. The summed E-state index contributed by atoms with van der Waals surface area (Å²) in [4.78, 5) is 0. The summed E-state index contributed by atoms with van der Waals surface area (Å²) in [6, 6.07) is 5.50. The average Bonchev–Trinajstić information content (AvgIpc) is 2.17. The van der Waals surface area contributed by atoms with Crippen LogP contribution in [0.4, 0.5) is 4.39 Å². The highest BCUT2D eigenvalue weighted by molar-refractivity contribution is 5.23. The van der Waals surface area contributed by atoms with Gasteiger partial charge in [-0.25, -0.2) is 4.39 Å². The van der Waals surface area contributed by atoms with Crippen LogP contribution in [-0.4, -0.2) is 12.1 Å². The predicted octanol–water partition coefficient (Wildman–Crippen LogP) is 3.45. The Kier molecular flexibility index (Phi) is 4.48. The summed E-state index contributed by atoms with van der Waals surface area (Å²) in [5.74, 6) is -0.0960. The van der Waals surface area contributed by atoms with Gasteiger partial charge < -0.3 is 5.32 Å². The van der Waals surface area contributed by atoms with Crippen molar-refractivity contribution in [3.8, 4) is 0 Å². The lowest BCUT2D eigenvalue weighted by atomic mass is 10.1. The summed E-state index contributed by atoms with van der Waals surface area (Å²) in [6.45, 7) is 9.22. The van der Waals surface area contributed by atoms with Crippen LogP contribution in [0.2, 0.25) is 0 Å². The molecule has 0 atom stereocenters. The second-order valence-electron chi connectivity index (χ2n) is 5.36. The molecule has 0 fully saturated rings. The Balaban J connectivity index is 2.35. The van der Waals surface area contributed by atoms with E-state index < -0.39 is 0 Å². The van der Waals surface area contributed by atoms with Gasteiger partial charge in [-0.2, -0.15) is 0 Å². The molecule has 1 aromatic carbocycles. The van der Waals surface area contributed by atoms with E-state index in [1.165, 1.54) is 0 Å². The molecule has 1 rings (SSSR count). The summed E-state index contributed by atoms with van der Waals surface area (Å²) >= 11 is 0. The van der Waals surface area contributed by atoms with Crippen molar-refractivity contribution in [2.75, 3.05) is 6.54 Å². The monoisotopic (exact) mass is 223 g/mol. The van der Waals surface area contributed by atoms with Crippen LogP contribution < -0.4 is 5.32 Å². The summed E-state index contributed by atoms with van der Waals surface area (Å²) in [7, 11) is 0. The standard InChI is InChI=1S/C14H22FN/c1-11-7-8-12(10-13(11)15)6-5-9-16-14(2,3)4/h7-8,10,16H,5-6,9H2,1-4H3. The first-order valence-corrected chi connectivity index (χ1v) is 5.88. The molecule has 2 heteroatoms. The third-order valence-corrected chi connectivity index (χ3v) is 2.53. The van der Waals surface area contributed by atoms with Crippen LogP contribution in [0.25, 0.3) is 0 Å². The Labute approximate surface area is 98.1 Å². The second-order valence-corrected chi connectivity index (χ2v) is 5.36. The molecule has 90 valence electrons. The molecule has 16 heavy (non-hydrogen) atoms. The summed E-state index contributed by atoms with van der Waals surface area (Å²) in [5, 5.41) is 3.42. The van der Waals surface area contributed by atoms with E-state index in [4.69, 9.17) is 0 Å². The molecule has 1 N–H and O–H groups in total. The topological polar surface area (TPSA) is 12.0 Å². The van der Waals surface area contributed by atoms with E-state index in [0.717, 1.165) is 30.5 Å². The molecule has 1 aromatic rings. The molecule has 0 aliphatic carbocycles. The SMILES string of the molecule is Cc1ccc(CCCNC(C)(C)C)cc1F. The predicted molar refractivity (Wildman–Crippen MR) is 67.2 cm³/mol. The maximum atomic E-state index is 13.3. The molecule has 0 bridgehead atoms. The van der Waals surface area contributed by atoms with E-state index in [-0.39, 0.29) is 11.4 Å².